The molecule has 2 aromatic carbocycles. The SMILES string of the molecule is C=CCOC(=O)NCC[C@@](O)(/C=C/[C@@H]1OC(=O)C=C[C@@H]1CC)[C@@H](CCO[Si](c1ccccc1)(c1ccccc1)C(C)(C)C)OCOC. The number of alkyl carbamates (subject to hydrolysis) is 1. The summed E-state index contributed by atoms with van der Waals surface area (Å²) in [4.78, 5) is 24.3. The lowest BCUT2D eigenvalue weighted by Crippen LogP contribution is -2.66. The van der Waals surface area contributed by atoms with Crippen LogP contribution < -0.4 is 15.7 Å². The van der Waals surface area contributed by atoms with Gasteiger partial charge in [-0.25, -0.2) is 9.59 Å². The maximum Gasteiger partial charge on any atom is 0.407 e. The number of amides is 1. The zero-order chi connectivity index (χ0) is 34.3. The Balaban J connectivity index is 1.96. The third kappa shape index (κ3) is 10.2. The molecule has 0 saturated carbocycles. The summed E-state index contributed by atoms with van der Waals surface area (Å²) in [5.74, 6) is -0.484. The van der Waals surface area contributed by atoms with Crippen molar-refractivity contribution in [2.75, 3.05) is 33.7 Å². The Kier molecular flexibility index (Phi) is 14.6. The monoisotopic (exact) mass is 665 g/mol. The number of ether oxygens (including phenoxy) is 4. The van der Waals surface area contributed by atoms with Crippen LogP contribution >= 0.6 is 0 Å². The lowest BCUT2D eigenvalue weighted by atomic mass is 9.88. The summed E-state index contributed by atoms with van der Waals surface area (Å²) in [6, 6.07) is 20.7. The number of rotatable bonds is 18. The quantitative estimate of drug-likeness (QED) is 0.0987. The lowest BCUT2D eigenvalue weighted by molar-refractivity contribution is -0.146. The van der Waals surface area contributed by atoms with E-state index in [1.54, 1.807) is 12.2 Å². The van der Waals surface area contributed by atoms with Crippen molar-refractivity contribution in [2.24, 2.45) is 5.92 Å². The Morgan fingerprint density at radius 1 is 1.11 bits per heavy atom. The maximum absolute atomic E-state index is 12.3. The van der Waals surface area contributed by atoms with Crippen molar-refractivity contribution in [1.29, 1.82) is 0 Å². The molecule has 2 aromatic rings. The summed E-state index contributed by atoms with van der Waals surface area (Å²) in [6.07, 6.45) is 7.17. The van der Waals surface area contributed by atoms with Crippen LogP contribution in [0, 0.1) is 5.92 Å². The van der Waals surface area contributed by atoms with Gasteiger partial charge < -0.3 is 33.8 Å². The first kappa shape index (κ1) is 37.9. The molecule has 0 aliphatic carbocycles. The van der Waals surface area contributed by atoms with Gasteiger partial charge in [0, 0.05) is 32.3 Å². The zero-order valence-electron chi connectivity index (χ0n) is 28.4. The van der Waals surface area contributed by atoms with Crippen molar-refractivity contribution in [1.82, 2.24) is 5.32 Å². The largest absolute Gasteiger partial charge is 0.454 e. The Labute approximate surface area is 280 Å². The van der Waals surface area contributed by atoms with Gasteiger partial charge in [-0.2, -0.15) is 0 Å². The summed E-state index contributed by atoms with van der Waals surface area (Å²) in [6.45, 7) is 12.5. The first-order chi connectivity index (χ1) is 22.5. The average Bonchev–Trinajstić information content (AvgIpc) is 3.06. The molecule has 1 aliphatic rings. The molecule has 0 radical (unpaired) electrons. The standard InChI is InChI=1S/C37H51NO8Si/c1-7-26-43-35(40)38-25-24-37(41,23-21-32-29(8-2)19-20-34(39)46-32)33(44-28-42-6)22-27-45-47(36(3,4)5,30-15-11-9-12-16-30)31-17-13-10-14-18-31/h7,9-21,23,29,32-33,41H,1,8,22,24-28H2,2-6H3,(H,38,40)/b23-21+/t29-,32-,33+,37-/m0/s1. The third-order valence-corrected chi connectivity index (χ3v) is 13.4. The van der Waals surface area contributed by atoms with Gasteiger partial charge in [0.1, 0.15) is 25.1 Å². The van der Waals surface area contributed by atoms with E-state index in [1.165, 1.54) is 19.3 Å². The van der Waals surface area contributed by atoms with Gasteiger partial charge in [0.05, 0.1) is 6.10 Å². The van der Waals surface area contributed by atoms with Crippen LogP contribution in [0.15, 0.2) is 97.6 Å². The molecule has 0 unspecified atom stereocenters. The number of esters is 1. The van der Waals surface area contributed by atoms with Crippen molar-refractivity contribution in [2.45, 2.75) is 69.8 Å². The van der Waals surface area contributed by atoms with Gasteiger partial charge in [0.2, 0.25) is 0 Å². The molecule has 256 valence electrons. The van der Waals surface area contributed by atoms with E-state index in [1.807, 2.05) is 49.4 Å². The Morgan fingerprint density at radius 3 is 2.30 bits per heavy atom. The summed E-state index contributed by atoms with van der Waals surface area (Å²) in [7, 11) is -1.34. The second-order valence-corrected chi connectivity index (χ2v) is 16.9. The molecule has 4 atom stereocenters. The fourth-order valence-corrected chi connectivity index (χ4v) is 10.6. The summed E-state index contributed by atoms with van der Waals surface area (Å²) >= 11 is 0. The van der Waals surface area contributed by atoms with Gasteiger partial charge in [0.15, 0.2) is 0 Å². The van der Waals surface area contributed by atoms with Gasteiger partial charge >= 0.3 is 12.1 Å². The van der Waals surface area contributed by atoms with Crippen LogP contribution in [-0.2, 0) is 28.2 Å². The van der Waals surface area contributed by atoms with E-state index in [0.29, 0.717) is 6.42 Å². The average molecular weight is 666 g/mol. The number of benzene rings is 2. The summed E-state index contributed by atoms with van der Waals surface area (Å²) in [5, 5.41) is 17.0. The third-order valence-electron chi connectivity index (χ3n) is 8.39. The minimum Gasteiger partial charge on any atom is -0.454 e. The van der Waals surface area contributed by atoms with Crippen molar-refractivity contribution < 1.29 is 38.1 Å². The van der Waals surface area contributed by atoms with Gasteiger partial charge in [-0.15, -0.1) is 0 Å². The lowest BCUT2D eigenvalue weighted by Gasteiger charge is -2.43. The topological polar surface area (TPSA) is 113 Å². The molecule has 1 aliphatic heterocycles. The number of methoxy groups -OCH3 is 1. The highest BCUT2D eigenvalue weighted by molar-refractivity contribution is 6.99. The van der Waals surface area contributed by atoms with E-state index in [0.717, 1.165) is 16.8 Å². The molecule has 0 fully saturated rings. The van der Waals surface area contributed by atoms with Crippen LogP contribution in [0.25, 0.3) is 0 Å². The van der Waals surface area contributed by atoms with Crippen LogP contribution in [0.2, 0.25) is 5.04 Å². The molecule has 2 N–H and O–H groups in total. The van der Waals surface area contributed by atoms with E-state index in [9.17, 15) is 14.7 Å². The highest BCUT2D eigenvalue weighted by atomic mass is 28.4. The van der Waals surface area contributed by atoms with Gasteiger partial charge in [0.25, 0.3) is 8.32 Å². The van der Waals surface area contributed by atoms with E-state index in [4.69, 9.17) is 23.4 Å². The van der Waals surface area contributed by atoms with E-state index in [-0.39, 0.29) is 43.9 Å². The van der Waals surface area contributed by atoms with Gasteiger partial charge in [-0.3, -0.25) is 0 Å². The molecular formula is C37H51NO8Si. The molecule has 47 heavy (non-hydrogen) atoms. The predicted octanol–water partition coefficient (Wildman–Crippen LogP) is 5.04. The molecule has 1 heterocycles. The Morgan fingerprint density at radius 2 is 1.74 bits per heavy atom. The minimum atomic E-state index is -2.86. The molecule has 0 bridgehead atoms. The Hall–Kier alpha value is -3.54. The second kappa shape index (κ2) is 18.1. The molecular weight excluding hydrogens is 614 g/mol. The van der Waals surface area contributed by atoms with Crippen molar-refractivity contribution in [3.05, 3.63) is 97.6 Å². The van der Waals surface area contributed by atoms with E-state index < -0.39 is 38.2 Å². The predicted molar refractivity (Wildman–Crippen MR) is 186 cm³/mol. The first-order valence-electron chi connectivity index (χ1n) is 16.2. The number of hydrogen-bond donors (Lipinski definition) is 2. The van der Waals surface area contributed by atoms with Crippen molar-refractivity contribution in [3.63, 3.8) is 0 Å². The molecule has 9 nitrogen and oxygen atoms in total. The first-order valence-corrected chi connectivity index (χ1v) is 18.1. The Bertz CT molecular complexity index is 1290. The van der Waals surface area contributed by atoms with Crippen LogP contribution in [-0.4, -0.2) is 77.0 Å². The smallest absolute Gasteiger partial charge is 0.407 e. The molecule has 1 amide bonds. The minimum absolute atomic E-state index is 0.0444. The van der Waals surface area contributed by atoms with Crippen LogP contribution in [0.3, 0.4) is 0 Å². The summed E-state index contributed by atoms with van der Waals surface area (Å²) in [5.41, 5.74) is -1.61. The molecule has 0 saturated heterocycles. The molecule has 0 spiro atoms. The van der Waals surface area contributed by atoms with Crippen LogP contribution in [0.1, 0.15) is 47.0 Å². The van der Waals surface area contributed by atoms with Gasteiger partial charge in [-0.05, 0) is 40.8 Å². The normalized spacial score (nSPS) is 18.7. The van der Waals surface area contributed by atoms with E-state index in [2.05, 4.69) is 56.9 Å². The number of carbonyl (C=O) groups is 2. The fraction of sp³-hybridized carbons (Fsp3) is 0.459. The number of nitrogens with one attached hydrogen (secondary N) is 1. The number of aliphatic hydroxyl groups is 1. The second-order valence-electron chi connectivity index (χ2n) is 12.6. The molecule has 0 aromatic heterocycles. The van der Waals surface area contributed by atoms with Crippen molar-refractivity contribution in [3.8, 4) is 0 Å². The van der Waals surface area contributed by atoms with Gasteiger partial charge in [-0.1, -0.05) is 113 Å². The van der Waals surface area contributed by atoms with Crippen LogP contribution in [0.4, 0.5) is 4.79 Å². The molecule has 10 heteroatoms. The molecule has 3 rings (SSSR count). The fourth-order valence-electron chi connectivity index (χ4n) is 5.99. The summed E-state index contributed by atoms with van der Waals surface area (Å²) < 4.78 is 29.1. The number of cyclic esters (lactones) is 1. The zero-order valence-corrected chi connectivity index (χ0v) is 29.4. The number of carbonyl (C=O) groups excluding carboxylic acids is 2. The highest BCUT2D eigenvalue weighted by Crippen LogP contribution is 2.37. The maximum atomic E-state index is 12.3. The van der Waals surface area contributed by atoms with Crippen LogP contribution in [0.5, 0.6) is 0 Å². The number of hydrogen-bond acceptors (Lipinski definition) is 8. The highest BCUT2D eigenvalue weighted by Gasteiger charge is 2.50. The van der Waals surface area contributed by atoms with Crippen molar-refractivity contribution >= 4 is 30.8 Å². The van der Waals surface area contributed by atoms with E-state index >= 15 is 0 Å².